The van der Waals surface area contributed by atoms with Gasteiger partial charge in [0.25, 0.3) is 5.69 Å². The zero-order chi connectivity index (χ0) is 11.5. The average molecular weight is 216 g/mol. The summed E-state index contributed by atoms with van der Waals surface area (Å²) in [6.07, 6.45) is 2.99. The highest BCUT2D eigenvalue weighted by atomic mass is 16.6. The molecule has 2 heterocycles. The molecule has 0 aliphatic rings. The zero-order valence-corrected chi connectivity index (χ0v) is 7.82. The fourth-order valence-corrected chi connectivity index (χ4v) is 1.13. The minimum Gasteiger partial charge on any atom is -0.379 e. The van der Waals surface area contributed by atoms with E-state index in [1.165, 1.54) is 12.4 Å². The molecular formula is C9H4N4O3. The molecule has 0 aliphatic carbocycles. The lowest BCUT2D eigenvalue weighted by atomic mass is 10.3. The van der Waals surface area contributed by atoms with Crippen molar-refractivity contribution in [2.45, 2.75) is 0 Å². The van der Waals surface area contributed by atoms with Crippen LogP contribution in [0.5, 0.6) is 0 Å². The summed E-state index contributed by atoms with van der Waals surface area (Å²) in [6.45, 7) is 0. The number of aromatic nitrogens is 2. The van der Waals surface area contributed by atoms with Gasteiger partial charge in [-0.2, -0.15) is 10.2 Å². The minimum absolute atomic E-state index is 0.0330. The molecule has 78 valence electrons. The predicted molar refractivity (Wildman–Crippen MR) is 51.1 cm³/mol. The van der Waals surface area contributed by atoms with Crippen molar-refractivity contribution in [3.63, 3.8) is 0 Å². The molecule has 0 saturated carbocycles. The summed E-state index contributed by atoms with van der Waals surface area (Å²) in [4.78, 5) is 17.3. The largest absolute Gasteiger partial charge is 0.471 e. The van der Waals surface area contributed by atoms with E-state index < -0.39 is 10.8 Å². The second-order valence-electron chi connectivity index (χ2n) is 2.78. The number of nitrogens with zero attached hydrogens (tertiary/aromatic N) is 4. The fourth-order valence-electron chi connectivity index (χ4n) is 1.13. The third kappa shape index (κ3) is 1.59. The number of hydrogen-bond acceptors (Lipinski definition) is 6. The minimum atomic E-state index is -0.782. The van der Waals surface area contributed by atoms with Crippen LogP contribution >= 0.6 is 0 Å². The molecular weight excluding hydrogens is 212 g/mol. The fraction of sp³-hybridized carbons (Fsp3) is 0. The quantitative estimate of drug-likeness (QED) is 0.556. The van der Waals surface area contributed by atoms with Gasteiger partial charge in [0.15, 0.2) is 0 Å². The van der Waals surface area contributed by atoms with Gasteiger partial charge in [-0.05, 0) is 12.1 Å². The lowest BCUT2D eigenvalue weighted by Crippen LogP contribution is -1.87. The molecule has 7 heteroatoms. The van der Waals surface area contributed by atoms with E-state index in [-0.39, 0.29) is 11.6 Å². The molecule has 0 saturated heterocycles. The van der Waals surface area contributed by atoms with E-state index in [0.717, 1.165) is 0 Å². The smallest absolute Gasteiger partial charge is 0.379 e. The Kier molecular flexibility index (Phi) is 2.31. The lowest BCUT2D eigenvalue weighted by molar-refractivity contribution is -0.402. The molecule has 0 unspecified atom stereocenters. The second kappa shape index (κ2) is 3.78. The summed E-state index contributed by atoms with van der Waals surface area (Å²) in [5.41, 5.74) is 0.191. The Morgan fingerprint density at radius 2 is 2.12 bits per heavy atom. The van der Waals surface area contributed by atoms with Gasteiger partial charge in [-0.3, -0.25) is 15.1 Å². The van der Waals surface area contributed by atoms with Gasteiger partial charge in [0, 0.05) is 18.0 Å². The van der Waals surface area contributed by atoms with E-state index >= 15 is 0 Å². The van der Waals surface area contributed by atoms with Crippen LogP contribution in [0.15, 0.2) is 28.9 Å². The molecule has 0 fully saturated rings. The van der Waals surface area contributed by atoms with Crippen molar-refractivity contribution in [3.8, 4) is 17.5 Å². The molecule has 0 bridgehead atoms. The van der Waals surface area contributed by atoms with Gasteiger partial charge in [-0.15, -0.1) is 0 Å². The van der Waals surface area contributed by atoms with E-state index in [9.17, 15) is 10.1 Å². The molecule has 0 aromatic carbocycles. The number of oxazole rings is 1. The Morgan fingerprint density at radius 1 is 1.44 bits per heavy atom. The van der Waals surface area contributed by atoms with E-state index in [2.05, 4.69) is 9.97 Å². The number of hydrogen-bond donors (Lipinski definition) is 0. The third-order valence-electron chi connectivity index (χ3n) is 1.81. The van der Waals surface area contributed by atoms with Gasteiger partial charge in [0.1, 0.15) is 11.0 Å². The Labute approximate surface area is 89.1 Å². The standard InChI is InChI=1S/C9H4N4O3/c10-5-7-9(13(14)15)16-8(12-7)6-1-3-11-4-2-6/h1-4H. The molecule has 0 amide bonds. The van der Waals surface area contributed by atoms with E-state index in [1.807, 2.05) is 0 Å². The molecule has 0 spiro atoms. The molecule has 2 aromatic heterocycles. The molecule has 0 aliphatic heterocycles. The van der Waals surface area contributed by atoms with Gasteiger partial charge in [-0.1, -0.05) is 0 Å². The Morgan fingerprint density at radius 3 is 2.62 bits per heavy atom. The van der Waals surface area contributed by atoms with Crippen LogP contribution in [-0.2, 0) is 0 Å². The monoisotopic (exact) mass is 216 g/mol. The van der Waals surface area contributed by atoms with E-state index in [4.69, 9.17) is 9.68 Å². The van der Waals surface area contributed by atoms with Gasteiger partial charge in [0.2, 0.25) is 5.89 Å². The van der Waals surface area contributed by atoms with Crippen molar-refractivity contribution in [1.82, 2.24) is 9.97 Å². The lowest BCUT2D eigenvalue weighted by Gasteiger charge is -1.90. The first-order valence-corrected chi connectivity index (χ1v) is 4.18. The average Bonchev–Trinajstić information content (AvgIpc) is 2.74. The van der Waals surface area contributed by atoms with Gasteiger partial charge < -0.3 is 4.42 Å². The highest BCUT2D eigenvalue weighted by Crippen LogP contribution is 2.25. The first-order valence-electron chi connectivity index (χ1n) is 4.18. The SMILES string of the molecule is N#Cc1nc(-c2ccncc2)oc1[N+](=O)[O-]. The highest BCUT2D eigenvalue weighted by Gasteiger charge is 2.24. The first kappa shape index (κ1) is 9.79. The van der Waals surface area contributed by atoms with Crippen LogP contribution in [-0.4, -0.2) is 14.9 Å². The second-order valence-corrected chi connectivity index (χ2v) is 2.78. The van der Waals surface area contributed by atoms with Crippen molar-refractivity contribution < 1.29 is 9.34 Å². The topological polar surface area (TPSA) is 106 Å². The zero-order valence-electron chi connectivity index (χ0n) is 7.82. The van der Waals surface area contributed by atoms with Crippen molar-refractivity contribution >= 4 is 5.88 Å². The summed E-state index contributed by atoms with van der Waals surface area (Å²) >= 11 is 0. The molecule has 2 aromatic rings. The Hall–Kier alpha value is -2.75. The van der Waals surface area contributed by atoms with Crippen molar-refractivity contribution in [3.05, 3.63) is 40.3 Å². The Balaban J connectivity index is 2.54. The van der Waals surface area contributed by atoms with Crippen LogP contribution in [0.4, 0.5) is 5.88 Å². The van der Waals surface area contributed by atoms with Crippen LogP contribution < -0.4 is 0 Å². The van der Waals surface area contributed by atoms with E-state index in [1.54, 1.807) is 18.2 Å². The third-order valence-corrected chi connectivity index (χ3v) is 1.81. The summed E-state index contributed by atoms with van der Waals surface area (Å²) in [7, 11) is 0. The highest BCUT2D eigenvalue weighted by molar-refractivity contribution is 5.55. The summed E-state index contributed by atoms with van der Waals surface area (Å²) < 4.78 is 4.89. The molecule has 0 N–H and O–H groups in total. The van der Waals surface area contributed by atoms with Crippen LogP contribution in [0, 0.1) is 21.4 Å². The van der Waals surface area contributed by atoms with Gasteiger partial charge in [0.05, 0.1) is 0 Å². The maximum absolute atomic E-state index is 10.5. The molecule has 2 rings (SSSR count). The van der Waals surface area contributed by atoms with Crippen molar-refractivity contribution in [2.24, 2.45) is 0 Å². The Bertz CT molecular complexity index is 570. The van der Waals surface area contributed by atoms with Crippen LogP contribution in [0.1, 0.15) is 5.69 Å². The maximum Gasteiger partial charge on any atom is 0.471 e. The molecule has 7 nitrogen and oxygen atoms in total. The molecule has 0 radical (unpaired) electrons. The normalized spacial score (nSPS) is 9.69. The number of nitriles is 1. The maximum atomic E-state index is 10.5. The first-order chi connectivity index (χ1) is 7.72. The van der Waals surface area contributed by atoms with Crippen molar-refractivity contribution in [1.29, 1.82) is 5.26 Å². The molecule has 0 atom stereocenters. The van der Waals surface area contributed by atoms with Crippen LogP contribution in [0.3, 0.4) is 0 Å². The summed E-state index contributed by atoms with van der Waals surface area (Å²) in [6, 6.07) is 4.77. The number of rotatable bonds is 2. The van der Waals surface area contributed by atoms with E-state index in [0.29, 0.717) is 5.56 Å². The summed E-state index contributed by atoms with van der Waals surface area (Å²) in [5, 5.41) is 19.2. The van der Waals surface area contributed by atoms with Crippen LogP contribution in [0.2, 0.25) is 0 Å². The van der Waals surface area contributed by atoms with Crippen LogP contribution in [0.25, 0.3) is 11.5 Å². The van der Waals surface area contributed by atoms with Gasteiger partial charge in [-0.25, -0.2) is 0 Å². The number of nitro groups is 1. The van der Waals surface area contributed by atoms with Crippen molar-refractivity contribution in [2.75, 3.05) is 0 Å². The number of pyridine rings is 1. The summed E-state index contributed by atoms with van der Waals surface area (Å²) in [5.74, 6) is -0.611. The van der Waals surface area contributed by atoms with Gasteiger partial charge >= 0.3 is 5.88 Å². The molecule has 16 heavy (non-hydrogen) atoms. The predicted octanol–water partition coefficient (Wildman–Crippen LogP) is 1.52.